The third kappa shape index (κ3) is 6.61. The first-order valence-electron chi connectivity index (χ1n) is 7.62. The number of benzene rings is 1. The monoisotopic (exact) mass is 306 g/mol. The second-order valence-corrected chi connectivity index (χ2v) is 6.24. The van der Waals surface area contributed by atoms with Crippen LogP contribution in [0.5, 0.6) is 5.75 Å². The first-order valence-corrected chi connectivity index (χ1v) is 7.62. The van der Waals surface area contributed by atoms with Crippen LogP contribution >= 0.6 is 0 Å². The molecule has 1 rings (SSSR count). The Bertz CT molecular complexity index is 502. The van der Waals surface area contributed by atoms with Crippen LogP contribution in [0.15, 0.2) is 24.3 Å². The van der Waals surface area contributed by atoms with Crippen LogP contribution in [-0.2, 0) is 4.79 Å². The van der Waals surface area contributed by atoms with E-state index in [-0.39, 0.29) is 12.0 Å². The van der Waals surface area contributed by atoms with Crippen LogP contribution in [-0.4, -0.2) is 30.0 Å². The lowest BCUT2D eigenvalue weighted by Crippen LogP contribution is -2.39. The van der Waals surface area contributed by atoms with Gasteiger partial charge in [-0.25, -0.2) is 4.79 Å². The van der Waals surface area contributed by atoms with Crippen molar-refractivity contribution in [2.24, 2.45) is 11.8 Å². The number of anilines is 1. The number of urea groups is 1. The fourth-order valence-electron chi connectivity index (χ4n) is 2.13. The molecule has 22 heavy (non-hydrogen) atoms. The van der Waals surface area contributed by atoms with Crippen molar-refractivity contribution in [1.82, 2.24) is 4.90 Å². The number of nitrogens with zero attached hydrogens (tertiary/aromatic N) is 1. The van der Waals surface area contributed by atoms with E-state index >= 15 is 0 Å². The molecule has 0 unspecified atom stereocenters. The second kappa shape index (κ2) is 8.41. The zero-order chi connectivity index (χ0) is 16.7. The van der Waals surface area contributed by atoms with E-state index in [9.17, 15) is 9.59 Å². The van der Waals surface area contributed by atoms with E-state index in [1.807, 2.05) is 4.90 Å². The standard InChI is InChI=1S/C17H26N2O3/c1-12(2)10-19(11-13(3)4)17(21)18-15-7-6-8-16(9-15)22-14(5)20/h6-9,12-13H,10-11H2,1-5H3,(H,18,21). The van der Waals surface area contributed by atoms with Crippen LogP contribution in [0.4, 0.5) is 10.5 Å². The highest BCUT2D eigenvalue weighted by atomic mass is 16.5. The van der Waals surface area contributed by atoms with Crippen LogP contribution in [0.3, 0.4) is 0 Å². The van der Waals surface area contributed by atoms with Crippen molar-refractivity contribution in [3.8, 4) is 5.75 Å². The molecule has 0 bridgehead atoms. The molecule has 2 amide bonds. The summed E-state index contributed by atoms with van der Waals surface area (Å²) in [5.74, 6) is 0.836. The van der Waals surface area contributed by atoms with Gasteiger partial charge in [-0.15, -0.1) is 0 Å². The van der Waals surface area contributed by atoms with Gasteiger partial charge in [0.05, 0.1) is 0 Å². The first-order chi connectivity index (χ1) is 10.3. The zero-order valence-corrected chi connectivity index (χ0v) is 14.1. The molecule has 0 aliphatic carbocycles. The molecular weight excluding hydrogens is 280 g/mol. The zero-order valence-electron chi connectivity index (χ0n) is 14.1. The van der Waals surface area contributed by atoms with Crippen molar-refractivity contribution >= 4 is 17.7 Å². The van der Waals surface area contributed by atoms with E-state index < -0.39 is 0 Å². The van der Waals surface area contributed by atoms with E-state index in [0.29, 0.717) is 36.4 Å². The quantitative estimate of drug-likeness (QED) is 0.643. The number of esters is 1. The van der Waals surface area contributed by atoms with Crippen molar-refractivity contribution in [2.45, 2.75) is 34.6 Å². The van der Waals surface area contributed by atoms with Crippen LogP contribution in [0.2, 0.25) is 0 Å². The first kappa shape index (κ1) is 18.0. The van der Waals surface area contributed by atoms with Gasteiger partial charge in [0.2, 0.25) is 0 Å². The van der Waals surface area contributed by atoms with Gasteiger partial charge in [0.1, 0.15) is 5.75 Å². The maximum Gasteiger partial charge on any atom is 0.321 e. The molecule has 0 saturated heterocycles. The maximum absolute atomic E-state index is 12.4. The summed E-state index contributed by atoms with van der Waals surface area (Å²) in [4.78, 5) is 25.2. The van der Waals surface area contributed by atoms with Crippen molar-refractivity contribution in [2.75, 3.05) is 18.4 Å². The number of carbonyl (C=O) groups excluding carboxylic acids is 2. The maximum atomic E-state index is 12.4. The molecule has 0 radical (unpaired) electrons. The summed E-state index contributed by atoms with van der Waals surface area (Å²) < 4.78 is 5.02. The second-order valence-electron chi connectivity index (χ2n) is 6.24. The fraction of sp³-hybridized carbons (Fsp3) is 0.529. The van der Waals surface area contributed by atoms with E-state index in [1.165, 1.54) is 6.92 Å². The van der Waals surface area contributed by atoms with Gasteiger partial charge in [0, 0.05) is 31.8 Å². The minimum absolute atomic E-state index is 0.137. The highest BCUT2D eigenvalue weighted by Crippen LogP contribution is 2.18. The van der Waals surface area contributed by atoms with Gasteiger partial charge >= 0.3 is 12.0 Å². The van der Waals surface area contributed by atoms with E-state index in [4.69, 9.17) is 4.74 Å². The Morgan fingerprint density at radius 1 is 1.14 bits per heavy atom. The molecule has 0 spiro atoms. The van der Waals surface area contributed by atoms with Gasteiger partial charge in [-0.1, -0.05) is 33.8 Å². The van der Waals surface area contributed by atoms with Crippen LogP contribution in [0, 0.1) is 11.8 Å². The van der Waals surface area contributed by atoms with Gasteiger partial charge in [-0.3, -0.25) is 4.79 Å². The van der Waals surface area contributed by atoms with E-state index in [0.717, 1.165) is 0 Å². The Labute approximate surface area is 132 Å². The molecule has 1 N–H and O–H groups in total. The molecule has 122 valence electrons. The third-order valence-electron chi connectivity index (χ3n) is 2.81. The van der Waals surface area contributed by atoms with E-state index in [1.54, 1.807) is 24.3 Å². The lowest BCUT2D eigenvalue weighted by atomic mass is 10.1. The summed E-state index contributed by atoms with van der Waals surface area (Å²) in [7, 11) is 0. The fourth-order valence-corrected chi connectivity index (χ4v) is 2.13. The van der Waals surface area contributed by atoms with Crippen LogP contribution in [0.25, 0.3) is 0 Å². The highest BCUT2D eigenvalue weighted by Gasteiger charge is 2.16. The largest absolute Gasteiger partial charge is 0.427 e. The van der Waals surface area contributed by atoms with Crippen molar-refractivity contribution in [3.63, 3.8) is 0 Å². The van der Waals surface area contributed by atoms with Crippen LogP contribution in [0.1, 0.15) is 34.6 Å². The minimum atomic E-state index is -0.385. The van der Waals surface area contributed by atoms with Gasteiger partial charge in [-0.2, -0.15) is 0 Å². The summed E-state index contributed by atoms with van der Waals surface area (Å²) in [6.45, 7) is 11.1. The Balaban J connectivity index is 2.77. The number of amides is 2. The molecule has 5 nitrogen and oxygen atoms in total. The molecule has 1 aromatic rings. The minimum Gasteiger partial charge on any atom is -0.427 e. The molecule has 0 saturated carbocycles. The molecule has 0 fully saturated rings. The number of nitrogens with one attached hydrogen (secondary N) is 1. The number of ether oxygens (including phenoxy) is 1. The van der Waals surface area contributed by atoms with Gasteiger partial charge in [0.15, 0.2) is 0 Å². The van der Waals surface area contributed by atoms with Crippen LogP contribution < -0.4 is 10.1 Å². The van der Waals surface area contributed by atoms with Gasteiger partial charge in [0.25, 0.3) is 0 Å². The molecule has 1 aromatic carbocycles. The molecule has 5 heteroatoms. The Hall–Kier alpha value is -2.04. The lowest BCUT2D eigenvalue weighted by molar-refractivity contribution is -0.131. The predicted molar refractivity (Wildman–Crippen MR) is 88.0 cm³/mol. The summed E-state index contributed by atoms with van der Waals surface area (Å²) in [6, 6.07) is 6.69. The number of hydrogen-bond donors (Lipinski definition) is 1. The Morgan fingerprint density at radius 3 is 2.23 bits per heavy atom. The van der Waals surface area contributed by atoms with Crippen molar-refractivity contribution < 1.29 is 14.3 Å². The smallest absolute Gasteiger partial charge is 0.321 e. The third-order valence-corrected chi connectivity index (χ3v) is 2.81. The van der Waals surface area contributed by atoms with Gasteiger partial charge < -0.3 is 15.0 Å². The van der Waals surface area contributed by atoms with E-state index in [2.05, 4.69) is 33.0 Å². The van der Waals surface area contributed by atoms with Crippen molar-refractivity contribution in [3.05, 3.63) is 24.3 Å². The normalized spacial score (nSPS) is 10.7. The SMILES string of the molecule is CC(=O)Oc1cccc(NC(=O)N(CC(C)C)CC(C)C)c1. The topological polar surface area (TPSA) is 58.6 Å². The molecule has 0 aliphatic heterocycles. The Kier molecular flexibility index (Phi) is 6.89. The summed E-state index contributed by atoms with van der Waals surface area (Å²) in [5.41, 5.74) is 0.612. The number of hydrogen-bond acceptors (Lipinski definition) is 3. The summed E-state index contributed by atoms with van der Waals surface area (Å²) in [6.07, 6.45) is 0. The molecule has 0 heterocycles. The molecule has 0 aliphatic rings. The number of rotatable bonds is 6. The Morgan fingerprint density at radius 2 is 1.73 bits per heavy atom. The molecule has 0 aromatic heterocycles. The highest BCUT2D eigenvalue weighted by molar-refractivity contribution is 5.89. The molecule has 0 atom stereocenters. The predicted octanol–water partition coefficient (Wildman–Crippen LogP) is 3.76. The molecular formula is C17H26N2O3. The summed E-state index contributed by atoms with van der Waals surface area (Å²) in [5, 5.41) is 2.86. The van der Waals surface area contributed by atoms with Gasteiger partial charge in [-0.05, 0) is 24.0 Å². The average molecular weight is 306 g/mol. The number of carbonyl (C=O) groups is 2. The average Bonchev–Trinajstić information content (AvgIpc) is 2.36. The lowest BCUT2D eigenvalue weighted by Gasteiger charge is -2.26. The summed E-state index contributed by atoms with van der Waals surface area (Å²) >= 11 is 0. The van der Waals surface area contributed by atoms with Crippen molar-refractivity contribution in [1.29, 1.82) is 0 Å².